The summed E-state index contributed by atoms with van der Waals surface area (Å²) in [7, 11) is 1.75. The van der Waals surface area contributed by atoms with Crippen molar-refractivity contribution < 1.29 is 9.13 Å². The van der Waals surface area contributed by atoms with E-state index >= 15 is 0 Å². The minimum Gasteiger partial charge on any atom is -0.377 e. The summed E-state index contributed by atoms with van der Waals surface area (Å²) in [4.78, 5) is 0. The maximum absolute atomic E-state index is 13.2. The van der Waals surface area contributed by atoms with Crippen LogP contribution in [0.25, 0.3) is 0 Å². The van der Waals surface area contributed by atoms with Crippen LogP contribution in [-0.4, -0.2) is 19.3 Å². The third kappa shape index (κ3) is 2.97. The number of hydrogen-bond acceptors (Lipinski definition) is 2. The van der Waals surface area contributed by atoms with Gasteiger partial charge in [-0.1, -0.05) is 17.7 Å². The molecule has 0 saturated heterocycles. The first-order chi connectivity index (χ1) is 8.15. The molecule has 1 saturated carbocycles. The molecule has 0 atom stereocenters. The number of halogens is 2. The third-order valence-electron chi connectivity index (χ3n) is 3.46. The van der Waals surface area contributed by atoms with Crippen LogP contribution < -0.4 is 5.32 Å². The van der Waals surface area contributed by atoms with Crippen molar-refractivity contribution >= 4 is 11.6 Å². The number of hydrogen-bond donors (Lipinski definition) is 1. The average Bonchev–Trinajstić information content (AvgIpc) is 2.27. The molecule has 2 rings (SSSR count). The van der Waals surface area contributed by atoms with Gasteiger partial charge in [-0.05, 0) is 37.0 Å². The third-order valence-corrected chi connectivity index (χ3v) is 3.76. The Morgan fingerprint density at radius 1 is 1.47 bits per heavy atom. The molecule has 0 aliphatic heterocycles. The molecule has 1 aromatic rings. The molecule has 0 spiro atoms. The predicted molar refractivity (Wildman–Crippen MR) is 66.7 cm³/mol. The fourth-order valence-corrected chi connectivity index (χ4v) is 2.23. The Kier molecular flexibility index (Phi) is 4.02. The van der Waals surface area contributed by atoms with E-state index in [4.69, 9.17) is 16.3 Å². The standard InChI is InChI=1S/C13H17ClFNO/c1-17-13(5-2-6-13)9-16-8-10-3-4-11(14)12(15)7-10/h3-4,7,16H,2,5-6,8-9H2,1H3. The Morgan fingerprint density at radius 3 is 2.76 bits per heavy atom. The summed E-state index contributed by atoms with van der Waals surface area (Å²) in [6, 6.07) is 4.89. The SMILES string of the molecule is COC1(CNCc2ccc(Cl)c(F)c2)CCC1. The van der Waals surface area contributed by atoms with E-state index < -0.39 is 0 Å². The van der Waals surface area contributed by atoms with Crippen molar-refractivity contribution in [1.82, 2.24) is 5.32 Å². The zero-order valence-corrected chi connectivity index (χ0v) is 10.7. The van der Waals surface area contributed by atoms with Crippen molar-refractivity contribution in [2.75, 3.05) is 13.7 Å². The first-order valence-corrected chi connectivity index (χ1v) is 6.23. The predicted octanol–water partition coefficient (Wildman–Crippen LogP) is 3.14. The van der Waals surface area contributed by atoms with Gasteiger partial charge in [0.25, 0.3) is 0 Å². The maximum atomic E-state index is 13.2. The summed E-state index contributed by atoms with van der Waals surface area (Å²) in [6.07, 6.45) is 3.43. The Morgan fingerprint density at radius 2 is 2.24 bits per heavy atom. The van der Waals surface area contributed by atoms with Crippen LogP contribution in [0.1, 0.15) is 24.8 Å². The largest absolute Gasteiger partial charge is 0.377 e. The second-order valence-corrected chi connectivity index (χ2v) is 5.00. The second-order valence-electron chi connectivity index (χ2n) is 4.59. The van der Waals surface area contributed by atoms with E-state index in [1.54, 1.807) is 13.2 Å². The molecule has 4 heteroatoms. The molecule has 0 unspecified atom stereocenters. The molecule has 1 N–H and O–H groups in total. The van der Waals surface area contributed by atoms with Crippen LogP contribution in [-0.2, 0) is 11.3 Å². The average molecular weight is 258 g/mol. The molecular formula is C13H17ClFNO. The molecule has 2 nitrogen and oxygen atoms in total. The fraction of sp³-hybridized carbons (Fsp3) is 0.538. The highest BCUT2D eigenvalue weighted by molar-refractivity contribution is 6.30. The van der Waals surface area contributed by atoms with Crippen LogP contribution in [0.3, 0.4) is 0 Å². The molecule has 0 bridgehead atoms. The molecule has 94 valence electrons. The Labute approximate surface area is 106 Å². The molecule has 1 aliphatic carbocycles. The highest BCUT2D eigenvalue weighted by Crippen LogP contribution is 2.34. The molecule has 0 aromatic heterocycles. The lowest BCUT2D eigenvalue weighted by Gasteiger charge is -2.40. The van der Waals surface area contributed by atoms with Crippen molar-refractivity contribution in [2.45, 2.75) is 31.4 Å². The minimum absolute atomic E-state index is 0.00493. The van der Waals surface area contributed by atoms with Crippen LogP contribution in [0, 0.1) is 5.82 Å². The van der Waals surface area contributed by atoms with Crippen LogP contribution in [0.2, 0.25) is 5.02 Å². The molecule has 0 radical (unpaired) electrons. The van der Waals surface area contributed by atoms with Crippen molar-refractivity contribution in [3.05, 3.63) is 34.6 Å². The quantitative estimate of drug-likeness (QED) is 0.875. The van der Waals surface area contributed by atoms with Crippen LogP contribution in [0.15, 0.2) is 18.2 Å². The van der Waals surface area contributed by atoms with E-state index in [2.05, 4.69) is 5.32 Å². The monoisotopic (exact) mass is 257 g/mol. The Bertz CT molecular complexity index is 387. The molecule has 0 amide bonds. The molecule has 1 aromatic carbocycles. The van der Waals surface area contributed by atoms with Gasteiger partial charge in [0.2, 0.25) is 0 Å². The number of methoxy groups -OCH3 is 1. The molecule has 1 aliphatic rings. The Balaban J connectivity index is 1.83. The number of nitrogens with one attached hydrogen (secondary N) is 1. The van der Waals surface area contributed by atoms with Gasteiger partial charge in [-0.2, -0.15) is 0 Å². The fourth-order valence-electron chi connectivity index (χ4n) is 2.11. The van der Waals surface area contributed by atoms with Gasteiger partial charge in [0.1, 0.15) is 5.82 Å². The highest BCUT2D eigenvalue weighted by Gasteiger charge is 2.36. The lowest BCUT2D eigenvalue weighted by molar-refractivity contribution is -0.0695. The molecule has 17 heavy (non-hydrogen) atoms. The van der Waals surface area contributed by atoms with Crippen LogP contribution >= 0.6 is 11.6 Å². The van der Waals surface area contributed by atoms with Crippen LogP contribution in [0.5, 0.6) is 0 Å². The maximum Gasteiger partial charge on any atom is 0.142 e. The van der Waals surface area contributed by atoms with Gasteiger partial charge in [0, 0.05) is 20.2 Å². The van der Waals surface area contributed by atoms with Crippen molar-refractivity contribution in [1.29, 1.82) is 0 Å². The zero-order valence-electron chi connectivity index (χ0n) is 9.93. The van der Waals surface area contributed by atoms with Crippen molar-refractivity contribution in [2.24, 2.45) is 0 Å². The first-order valence-electron chi connectivity index (χ1n) is 5.85. The smallest absolute Gasteiger partial charge is 0.142 e. The normalized spacial score (nSPS) is 17.8. The van der Waals surface area contributed by atoms with E-state index in [1.807, 2.05) is 6.07 Å². The topological polar surface area (TPSA) is 21.3 Å². The van der Waals surface area contributed by atoms with E-state index in [-0.39, 0.29) is 16.4 Å². The zero-order chi connectivity index (χ0) is 12.3. The van der Waals surface area contributed by atoms with Crippen molar-refractivity contribution in [3.63, 3.8) is 0 Å². The summed E-state index contributed by atoms with van der Waals surface area (Å²) in [5, 5.41) is 3.47. The van der Waals surface area contributed by atoms with Crippen LogP contribution in [0.4, 0.5) is 4.39 Å². The lowest BCUT2D eigenvalue weighted by atomic mass is 9.80. The van der Waals surface area contributed by atoms with E-state index in [9.17, 15) is 4.39 Å². The van der Waals surface area contributed by atoms with E-state index in [0.717, 1.165) is 24.9 Å². The Hall–Kier alpha value is -0.640. The lowest BCUT2D eigenvalue weighted by Crippen LogP contribution is -2.47. The number of ether oxygens (including phenoxy) is 1. The second kappa shape index (κ2) is 5.34. The molecule has 1 fully saturated rings. The van der Waals surface area contributed by atoms with Crippen molar-refractivity contribution in [3.8, 4) is 0 Å². The number of rotatable bonds is 5. The number of benzene rings is 1. The van der Waals surface area contributed by atoms with E-state index in [0.29, 0.717) is 6.54 Å². The van der Waals surface area contributed by atoms with Gasteiger partial charge in [-0.3, -0.25) is 0 Å². The summed E-state index contributed by atoms with van der Waals surface area (Å²) in [6.45, 7) is 1.45. The van der Waals surface area contributed by atoms with Gasteiger partial charge in [0.05, 0.1) is 10.6 Å². The molecular weight excluding hydrogens is 241 g/mol. The minimum atomic E-state index is -0.365. The highest BCUT2D eigenvalue weighted by atomic mass is 35.5. The first kappa shape index (κ1) is 12.8. The molecule has 0 heterocycles. The van der Waals surface area contributed by atoms with Gasteiger partial charge in [0.15, 0.2) is 0 Å². The van der Waals surface area contributed by atoms with E-state index in [1.165, 1.54) is 12.5 Å². The van der Waals surface area contributed by atoms with Gasteiger partial charge in [-0.25, -0.2) is 4.39 Å². The summed E-state index contributed by atoms with van der Waals surface area (Å²) < 4.78 is 18.7. The van der Waals surface area contributed by atoms with Gasteiger partial charge in [-0.15, -0.1) is 0 Å². The van der Waals surface area contributed by atoms with Gasteiger partial charge >= 0.3 is 0 Å². The van der Waals surface area contributed by atoms with Gasteiger partial charge < -0.3 is 10.1 Å². The summed E-state index contributed by atoms with van der Waals surface area (Å²) in [5.41, 5.74) is 0.905. The summed E-state index contributed by atoms with van der Waals surface area (Å²) >= 11 is 5.63. The summed E-state index contributed by atoms with van der Waals surface area (Å²) in [5.74, 6) is -0.365.